The van der Waals surface area contributed by atoms with Crippen molar-refractivity contribution in [2.75, 3.05) is 13.1 Å². The number of aryl methyl sites for hydroxylation is 1. The van der Waals surface area contributed by atoms with Gasteiger partial charge in [0.1, 0.15) is 0 Å². The average molecular weight is 328 g/mol. The Kier molecular flexibility index (Phi) is 4.14. The largest absolute Gasteiger partial charge is 0.472 e. The second-order valence-corrected chi connectivity index (χ2v) is 7.08. The second-order valence-electron chi connectivity index (χ2n) is 7.08. The van der Waals surface area contributed by atoms with Gasteiger partial charge in [-0.2, -0.15) is 0 Å². The normalized spacial score (nSPS) is 21.3. The maximum Gasteiger partial charge on any atom is 0.230 e. The fourth-order valence-electron chi connectivity index (χ4n) is 3.71. The number of carbonyl (C=O) groups is 1. The predicted molar refractivity (Wildman–Crippen MR) is 89.1 cm³/mol. The molecule has 2 aromatic heterocycles. The first-order valence-electron chi connectivity index (χ1n) is 8.72. The number of nitrogens with zero attached hydrogens (tertiary/aromatic N) is 3. The molecular weight excluding hydrogens is 304 g/mol. The summed E-state index contributed by atoms with van der Waals surface area (Å²) in [6.45, 7) is 3.07. The molecule has 0 radical (unpaired) electrons. The fourth-order valence-corrected chi connectivity index (χ4v) is 3.71. The Balaban J connectivity index is 1.49. The van der Waals surface area contributed by atoms with Crippen molar-refractivity contribution >= 4 is 5.91 Å². The van der Waals surface area contributed by atoms with Crippen LogP contribution in [0.25, 0.3) is 0 Å². The van der Waals surface area contributed by atoms with Gasteiger partial charge in [0.05, 0.1) is 36.2 Å². The standard InChI is InChI=1S/C18H24N4O2/c1-21-12-20-16-10-22(8-14-5-6-24-11-14)9-15(17(16)21)18(23)19-7-13-3-2-4-13/h5-6,11-13,15H,2-4,7-10H2,1H3,(H,19,23). The number of hydrogen-bond acceptors (Lipinski definition) is 4. The van der Waals surface area contributed by atoms with Crippen molar-refractivity contribution in [1.29, 1.82) is 0 Å². The first-order chi connectivity index (χ1) is 11.7. The van der Waals surface area contributed by atoms with Gasteiger partial charge in [-0.05, 0) is 24.8 Å². The van der Waals surface area contributed by atoms with Crippen LogP contribution in [0.15, 0.2) is 29.3 Å². The Morgan fingerprint density at radius 3 is 3.04 bits per heavy atom. The maximum absolute atomic E-state index is 12.8. The first kappa shape index (κ1) is 15.4. The second kappa shape index (κ2) is 6.43. The molecule has 1 saturated carbocycles. The zero-order valence-electron chi connectivity index (χ0n) is 14.1. The molecular formula is C18H24N4O2. The summed E-state index contributed by atoms with van der Waals surface area (Å²) in [7, 11) is 1.98. The summed E-state index contributed by atoms with van der Waals surface area (Å²) in [4.78, 5) is 19.6. The van der Waals surface area contributed by atoms with Gasteiger partial charge in [-0.3, -0.25) is 9.69 Å². The van der Waals surface area contributed by atoms with Crippen LogP contribution in [0.4, 0.5) is 0 Å². The molecule has 1 atom stereocenters. The smallest absolute Gasteiger partial charge is 0.230 e. The third kappa shape index (κ3) is 2.98. The molecule has 6 nitrogen and oxygen atoms in total. The predicted octanol–water partition coefficient (Wildman–Crippen LogP) is 2.03. The van der Waals surface area contributed by atoms with E-state index >= 15 is 0 Å². The van der Waals surface area contributed by atoms with Crippen LogP contribution in [-0.2, 0) is 24.9 Å². The number of furan rings is 1. The fraction of sp³-hybridized carbons (Fsp3) is 0.556. The molecule has 2 aromatic rings. The van der Waals surface area contributed by atoms with E-state index in [-0.39, 0.29) is 11.8 Å². The van der Waals surface area contributed by atoms with E-state index in [1.807, 2.05) is 24.0 Å². The highest BCUT2D eigenvalue weighted by Gasteiger charge is 2.34. The molecule has 2 aliphatic rings. The van der Waals surface area contributed by atoms with Crippen LogP contribution in [0, 0.1) is 5.92 Å². The lowest BCUT2D eigenvalue weighted by molar-refractivity contribution is -0.123. The molecule has 1 unspecified atom stereocenters. The minimum absolute atomic E-state index is 0.128. The monoisotopic (exact) mass is 328 g/mol. The van der Waals surface area contributed by atoms with Crippen LogP contribution in [0.2, 0.25) is 0 Å². The average Bonchev–Trinajstić information content (AvgIpc) is 3.15. The van der Waals surface area contributed by atoms with Gasteiger partial charge in [0, 0.05) is 38.8 Å². The Hall–Kier alpha value is -2.08. The third-order valence-electron chi connectivity index (χ3n) is 5.30. The number of imidazole rings is 1. The Labute approximate surface area is 141 Å². The summed E-state index contributed by atoms with van der Waals surface area (Å²) < 4.78 is 7.16. The van der Waals surface area contributed by atoms with Gasteiger partial charge in [0.15, 0.2) is 0 Å². The van der Waals surface area contributed by atoms with Crippen LogP contribution in [0.3, 0.4) is 0 Å². The molecule has 1 fully saturated rings. The number of rotatable bonds is 5. The molecule has 1 N–H and O–H groups in total. The van der Waals surface area contributed by atoms with Crippen molar-refractivity contribution < 1.29 is 9.21 Å². The minimum atomic E-state index is -0.159. The zero-order valence-corrected chi connectivity index (χ0v) is 14.1. The summed E-state index contributed by atoms with van der Waals surface area (Å²) in [6.07, 6.45) is 9.06. The van der Waals surface area contributed by atoms with Crippen LogP contribution < -0.4 is 5.32 Å². The summed E-state index contributed by atoms with van der Waals surface area (Å²) in [5.41, 5.74) is 3.20. The van der Waals surface area contributed by atoms with E-state index in [2.05, 4.69) is 15.2 Å². The van der Waals surface area contributed by atoms with Gasteiger partial charge < -0.3 is 14.3 Å². The molecule has 1 aliphatic carbocycles. The van der Waals surface area contributed by atoms with E-state index in [1.54, 1.807) is 12.5 Å². The lowest BCUT2D eigenvalue weighted by Gasteiger charge is -2.33. The third-order valence-corrected chi connectivity index (χ3v) is 5.30. The van der Waals surface area contributed by atoms with Crippen molar-refractivity contribution in [2.45, 2.75) is 38.3 Å². The van der Waals surface area contributed by atoms with Gasteiger partial charge in [-0.15, -0.1) is 0 Å². The minimum Gasteiger partial charge on any atom is -0.472 e. The molecule has 0 saturated heterocycles. The zero-order chi connectivity index (χ0) is 16.5. The van der Waals surface area contributed by atoms with E-state index in [1.165, 1.54) is 19.3 Å². The van der Waals surface area contributed by atoms with E-state index in [9.17, 15) is 4.79 Å². The van der Waals surface area contributed by atoms with Crippen LogP contribution in [-0.4, -0.2) is 33.4 Å². The van der Waals surface area contributed by atoms with Crippen molar-refractivity contribution in [2.24, 2.45) is 13.0 Å². The molecule has 24 heavy (non-hydrogen) atoms. The number of nitrogens with one attached hydrogen (secondary N) is 1. The molecule has 4 rings (SSSR count). The van der Waals surface area contributed by atoms with E-state index in [0.717, 1.165) is 36.6 Å². The SMILES string of the molecule is Cn1cnc2c1C(C(=O)NCC1CCC1)CN(Cc1ccoc1)C2. The molecule has 0 spiro atoms. The maximum atomic E-state index is 12.8. The summed E-state index contributed by atoms with van der Waals surface area (Å²) in [6, 6.07) is 1.97. The summed E-state index contributed by atoms with van der Waals surface area (Å²) in [5, 5.41) is 3.17. The van der Waals surface area contributed by atoms with Crippen molar-refractivity contribution in [1.82, 2.24) is 19.8 Å². The van der Waals surface area contributed by atoms with Gasteiger partial charge in [-0.25, -0.2) is 4.98 Å². The van der Waals surface area contributed by atoms with Crippen LogP contribution in [0.5, 0.6) is 0 Å². The Bertz CT molecular complexity index is 703. The lowest BCUT2D eigenvalue weighted by atomic mass is 9.85. The number of hydrogen-bond donors (Lipinski definition) is 1. The molecule has 3 heterocycles. The highest BCUT2D eigenvalue weighted by atomic mass is 16.3. The number of aromatic nitrogens is 2. The summed E-state index contributed by atoms with van der Waals surface area (Å²) in [5.74, 6) is 0.641. The van der Waals surface area contributed by atoms with Crippen LogP contribution >= 0.6 is 0 Å². The molecule has 1 aliphatic heterocycles. The van der Waals surface area contributed by atoms with E-state index < -0.39 is 0 Å². The highest BCUT2D eigenvalue weighted by Crippen LogP contribution is 2.29. The number of fused-ring (bicyclic) bond motifs is 1. The topological polar surface area (TPSA) is 63.3 Å². The van der Waals surface area contributed by atoms with Gasteiger partial charge in [0.2, 0.25) is 5.91 Å². The number of amides is 1. The van der Waals surface area contributed by atoms with E-state index in [4.69, 9.17) is 4.42 Å². The molecule has 6 heteroatoms. The van der Waals surface area contributed by atoms with E-state index in [0.29, 0.717) is 12.5 Å². The van der Waals surface area contributed by atoms with Crippen molar-refractivity contribution in [3.63, 3.8) is 0 Å². The molecule has 128 valence electrons. The lowest BCUT2D eigenvalue weighted by Crippen LogP contribution is -2.43. The molecule has 1 amide bonds. The van der Waals surface area contributed by atoms with Crippen molar-refractivity contribution in [3.8, 4) is 0 Å². The highest BCUT2D eigenvalue weighted by molar-refractivity contribution is 5.84. The molecule has 0 bridgehead atoms. The molecule has 0 aromatic carbocycles. The summed E-state index contributed by atoms with van der Waals surface area (Å²) >= 11 is 0. The van der Waals surface area contributed by atoms with Gasteiger partial charge in [-0.1, -0.05) is 6.42 Å². The van der Waals surface area contributed by atoms with Gasteiger partial charge >= 0.3 is 0 Å². The van der Waals surface area contributed by atoms with Crippen LogP contribution in [0.1, 0.15) is 42.1 Å². The quantitative estimate of drug-likeness (QED) is 0.912. The van der Waals surface area contributed by atoms with Gasteiger partial charge in [0.25, 0.3) is 0 Å². The Morgan fingerprint density at radius 2 is 2.33 bits per heavy atom. The first-order valence-corrected chi connectivity index (χ1v) is 8.72. The Morgan fingerprint density at radius 1 is 1.46 bits per heavy atom. The number of carbonyl (C=O) groups excluding carboxylic acids is 1. The van der Waals surface area contributed by atoms with Crippen molar-refractivity contribution in [3.05, 3.63) is 41.9 Å².